The molecule has 0 fully saturated rings. The lowest BCUT2D eigenvalue weighted by Gasteiger charge is -2.23. The molecule has 2 N–H and O–H groups in total. The average molecular weight is 443 g/mol. The third kappa shape index (κ3) is 6.66. The summed E-state index contributed by atoms with van der Waals surface area (Å²) in [6.07, 6.45) is -4.52. The van der Waals surface area contributed by atoms with Gasteiger partial charge in [0.2, 0.25) is 0 Å². The van der Waals surface area contributed by atoms with E-state index < -0.39 is 36.3 Å². The van der Waals surface area contributed by atoms with Gasteiger partial charge in [-0.25, -0.2) is 4.79 Å². The van der Waals surface area contributed by atoms with Gasteiger partial charge in [0.05, 0.1) is 16.3 Å². The van der Waals surface area contributed by atoms with Crippen molar-refractivity contribution in [1.29, 1.82) is 0 Å². The molecule has 0 radical (unpaired) electrons. The Balaban J connectivity index is 1.99. The number of anilines is 2. The van der Waals surface area contributed by atoms with Gasteiger partial charge in [-0.1, -0.05) is 43.1 Å². The van der Waals surface area contributed by atoms with Crippen molar-refractivity contribution in [1.82, 2.24) is 0 Å². The van der Waals surface area contributed by atoms with Crippen LogP contribution in [-0.2, 0) is 20.5 Å². The Labute approximate surface area is 177 Å². The van der Waals surface area contributed by atoms with E-state index in [1.54, 1.807) is 26.0 Å². The summed E-state index contributed by atoms with van der Waals surface area (Å²) in [7, 11) is 0. The fraction of sp³-hybridized carbons (Fsp3) is 0.333. The minimum atomic E-state index is -4.52. The molecule has 30 heavy (non-hydrogen) atoms. The summed E-state index contributed by atoms with van der Waals surface area (Å²) < 4.78 is 43.4. The fourth-order valence-corrected chi connectivity index (χ4v) is 2.77. The quantitative estimate of drug-likeness (QED) is 0.572. The molecule has 0 unspecified atom stereocenters. The van der Waals surface area contributed by atoms with Crippen LogP contribution in [0.1, 0.15) is 25.0 Å². The normalized spacial score (nSPS) is 12.4. The third-order valence-electron chi connectivity index (χ3n) is 4.21. The maximum atomic E-state index is 12.8. The zero-order valence-electron chi connectivity index (χ0n) is 16.6. The van der Waals surface area contributed by atoms with Crippen LogP contribution in [0.2, 0.25) is 5.02 Å². The molecule has 162 valence electrons. The largest absolute Gasteiger partial charge is 0.454 e. The van der Waals surface area contributed by atoms with E-state index in [1.807, 2.05) is 19.1 Å². The molecule has 1 amide bonds. The highest BCUT2D eigenvalue weighted by Gasteiger charge is 2.31. The van der Waals surface area contributed by atoms with Gasteiger partial charge in [-0.2, -0.15) is 13.2 Å². The molecular weight excluding hydrogens is 421 g/mol. The van der Waals surface area contributed by atoms with Crippen LogP contribution in [0.3, 0.4) is 0 Å². The van der Waals surface area contributed by atoms with E-state index in [1.165, 1.54) is 0 Å². The molecule has 0 saturated heterocycles. The Hall–Kier alpha value is -2.74. The van der Waals surface area contributed by atoms with Crippen molar-refractivity contribution in [3.63, 3.8) is 0 Å². The molecule has 9 heteroatoms. The van der Waals surface area contributed by atoms with Crippen molar-refractivity contribution in [2.75, 3.05) is 17.2 Å². The molecule has 0 saturated carbocycles. The third-order valence-corrected chi connectivity index (χ3v) is 4.52. The number of hydrogen-bond donors (Lipinski definition) is 2. The average Bonchev–Trinajstić information content (AvgIpc) is 2.66. The number of benzene rings is 2. The van der Waals surface area contributed by atoms with Crippen molar-refractivity contribution >= 4 is 34.9 Å². The molecule has 0 heterocycles. The first-order chi connectivity index (χ1) is 14.0. The fourth-order valence-electron chi connectivity index (χ4n) is 2.53. The van der Waals surface area contributed by atoms with Gasteiger partial charge >= 0.3 is 12.1 Å². The number of hydrogen-bond acceptors (Lipinski definition) is 4. The van der Waals surface area contributed by atoms with Crippen molar-refractivity contribution in [2.24, 2.45) is 5.92 Å². The topological polar surface area (TPSA) is 67.4 Å². The number of carbonyl (C=O) groups excluding carboxylic acids is 2. The summed E-state index contributed by atoms with van der Waals surface area (Å²) in [6.45, 7) is 4.86. The van der Waals surface area contributed by atoms with Gasteiger partial charge in [0.1, 0.15) is 6.04 Å². The molecule has 0 aromatic heterocycles. The summed E-state index contributed by atoms with van der Waals surface area (Å²) in [5.41, 5.74) is 0.864. The summed E-state index contributed by atoms with van der Waals surface area (Å²) >= 11 is 5.94. The summed E-state index contributed by atoms with van der Waals surface area (Å²) in [6, 6.07) is 8.99. The van der Waals surface area contributed by atoms with Gasteiger partial charge in [0.25, 0.3) is 5.91 Å². The van der Waals surface area contributed by atoms with E-state index in [-0.39, 0.29) is 16.6 Å². The van der Waals surface area contributed by atoms with Crippen LogP contribution >= 0.6 is 11.6 Å². The van der Waals surface area contributed by atoms with Gasteiger partial charge in [-0.3, -0.25) is 4.79 Å². The van der Waals surface area contributed by atoms with Crippen molar-refractivity contribution in [3.8, 4) is 0 Å². The van der Waals surface area contributed by atoms with Crippen LogP contribution in [-0.4, -0.2) is 24.5 Å². The molecular formula is C21H22ClF3N2O3. The van der Waals surface area contributed by atoms with Gasteiger partial charge in [-0.15, -0.1) is 0 Å². The number of alkyl halides is 3. The molecule has 2 aromatic carbocycles. The molecule has 1 atom stereocenters. The van der Waals surface area contributed by atoms with Crippen LogP contribution in [0, 0.1) is 12.8 Å². The van der Waals surface area contributed by atoms with Crippen LogP contribution in [0.4, 0.5) is 24.5 Å². The Morgan fingerprint density at radius 2 is 1.73 bits per heavy atom. The molecule has 2 aromatic rings. The summed E-state index contributed by atoms with van der Waals surface area (Å²) in [4.78, 5) is 24.4. The predicted molar refractivity (Wildman–Crippen MR) is 109 cm³/mol. The zero-order valence-corrected chi connectivity index (χ0v) is 17.4. The van der Waals surface area contributed by atoms with Crippen LogP contribution in [0.15, 0.2) is 42.5 Å². The van der Waals surface area contributed by atoms with E-state index in [0.717, 1.165) is 23.8 Å². The Morgan fingerprint density at radius 1 is 1.10 bits per heavy atom. The lowest BCUT2D eigenvalue weighted by Crippen LogP contribution is -2.37. The number of ether oxygens (including phenoxy) is 1. The molecule has 5 nitrogen and oxygen atoms in total. The van der Waals surface area contributed by atoms with Crippen LogP contribution in [0.25, 0.3) is 0 Å². The van der Waals surface area contributed by atoms with Crippen LogP contribution in [0.5, 0.6) is 0 Å². The van der Waals surface area contributed by atoms with Gasteiger partial charge in [0.15, 0.2) is 6.61 Å². The Kier molecular flexibility index (Phi) is 7.72. The number of carbonyl (C=O) groups is 2. The van der Waals surface area contributed by atoms with Crippen molar-refractivity contribution in [3.05, 3.63) is 58.6 Å². The number of nitrogens with one attached hydrogen (secondary N) is 2. The second-order valence-corrected chi connectivity index (χ2v) is 7.49. The van der Waals surface area contributed by atoms with E-state index in [2.05, 4.69) is 10.6 Å². The predicted octanol–water partition coefficient (Wildman–Crippen LogP) is 5.29. The van der Waals surface area contributed by atoms with Crippen LogP contribution < -0.4 is 10.6 Å². The molecule has 0 aliphatic carbocycles. The number of rotatable bonds is 7. The number of halogens is 4. The van der Waals surface area contributed by atoms with Gasteiger partial charge in [0, 0.05) is 5.69 Å². The maximum absolute atomic E-state index is 12.8. The maximum Gasteiger partial charge on any atom is 0.416 e. The van der Waals surface area contributed by atoms with E-state index in [0.29, 0.717) is 5.69 Å². The van der Waals surface area contributed by atoms with Gasteiger partial charge < -0.3 is 15.4 Å². The first kappa shape index (κ1) is 23.5. The van der Waals surface area contributed by atoms with E-state index >= 15 is 0 Å². The lowest BCUT2D eigenvalue weighted by molar-refractivity contribution is -0.149. The first-order valence-corrected chi connectivity index (χ1v) is 9.51. The Bertz CT molecular complexity index is 899. The number of aryl methyl sites for hydroxylation is 1. The highest BCUT2D eigenvalue weighted by atomic mass is 35.5. The van der Waals surface area contributed by atoms with Gasteiger partial charge in [-0.05, 0) is 43.2 Å². The molecule has 0 aliphatic rings. The van der Waals surface area contributed by atoms with Crippen molar-refractivity contribution < 1.29 is 27.5 Å². The lowest BCUT2D eigenvalue weighted by atomic mass is 10.0. The molecule has 0 bridgehead atoms. The summed E-state index contributed by atoms with van der Waals surface area (Å²) in [5, 5.41) is 5.23. The minimum absolute atomic E-state index is 0.157. The second-order valence-electron chi connectivity index (χ2n) is 7.08. The van der Waals surface area contributed by atoms with Crippen molar-refractivity contribution in [2.45, 2.75) is 33.0 Å². The van der Waals surface area contributed by atoms with E-state index in [9.17, 15) is 22.8 Å². The zero-order chi connectivity index (χ0) is 22.5. The van der Waals surface area contributed by atoms with E-state index in [4.69, 9.17) is 16.3 Å². The minimum Gasteiger partial charge on any atom is -0.454 e. The molecule has 0 aliphatic heterocycles. The Morgan fingerprint density at radius 3 is 2.27 bits per heavy atom. The number of esters is 1. The number of amides is 1. The molecule has 2 rings (SSSR count). The first-order valence-electron chi connectivity index (χ1n) is 9.14. The smallest absolute Gasteiger partial charge is 0.416 e. The summed E-state index contributed by atoms with van der Waals surface area (Å²) in [5.74, 6) is -1.52. The standard InChI is InChI=1S/C21H22ClF3N2O3/c1-12(2)19(27-17-9-6-14(10-16(17)22)21(23,24)25)20(29)30-11-18(28)26-15-7-4-13(3)5-8-15/h4-10,12,19,27H,11H2,1-3H3,(H,26,28)/t19-/m0/s1. The monoisotopic (exact) mass is 442 g/mol. The highest BCUT2D eigenvalue weighted by molar-refractivity contribution is 6.33. The molecule has 0 spiro atoms. The second kappa shape index (κ2) is 9.84. The SMILES string of the molecule is Cc1ccc(NC(=O)COC(=O)[C@@H](Nc2ccc(C(F)(F)F)cc2Cl)C(C)C)cc1. The highest BCUT2D eigenvalue weighted by Crippen LogP contribution is 2.34.